The number of carbonyl (C=O) groups excluding carboxylic acids is 1. The standard InChI is InChI=1S/C28H33F3N6O3/c29-28(30,31)22-5-4-12-36(22)26(32)40-18-23-33-17-21-24(34-23)37(25(38)27(21)10-2-1-3-11-27)20-8-6-19(7-9-20)35-13-15-39-16-14-35/h6-9,17,22,32H,1-5,10-16,18H2/t22-/m1/s1. The molecule has 1 N–H and O–H groups in total. The number of likely N-dealkylation sites (tertiary alicyclic amines) is 1. The van der Waals surface area contributed by atoms with E-state index < -0.39 is 23.7 Å². The summed E-state index contributed by atoms with van der Waals surface area (Å²) < 4.78 is 51.0. The second kappa shape index (κ2) is 10.5. The average Bonchev–Trinajstić information content (AvgIpc) is 3.56. The Balaban J connectivity index is 1.26. The molecule has 1 amide bonds. The topological polar surface area (TPSA) is 94.9 Å². The van der Waals surface area contributed by atoms with Crippen molar-refractivity contribution in [1.29, 1.82) is 5.41 Å². The Hall–Kier alpha value is -3.41. The van der Waals surface area contributed by atoms with Crippen LogP contribution >= 0.6 is 0 Å². The lowest BCUT2D eigenvalue weighted by atomic mass is 9.71. The van der Waals surface area contributed by atoms with Gasteiger partial charge in [0.05, 0.1) is 24.3 Å². The summed E-state index contributed by atoms with van der Waals surface area (Å²) in [5.41, 5.74) is 1.86. The van der Waals surface area contributed by atoms with E-state index in [9.17, 15) is 18.0 Å². The van der Waals surface area contributed by atoms with Crippen LogP contribution in [0.5, 0.6) is 0 Å². The molecule has 4 aliphatic rings. The largest absolute Gasteiger partial charge is 0.457 e. The number of rotatable bonds is 4. The maximum absolute atomic E-state index is 14.1. The summed E-state index contributed by atoms with van der Waals surface area (Å²) in [4.78, 5) is 28.0. The molecule has 12 heteroatoms. The molecule has 40 heavy (non-hydrogen) atoms. The van der Waals surface area contributed by atoms with Gasteiger partial charge in [-0.05, 0) is 49.9 Å². The van der Waals surface area contributed by atoms with Crippen molar-refractivity contribution in [2.75, 3.05) is 42.6 Å². The van der Waals surface area contributed by atoms with Gasteiger partial charge in [-0.3, -0.25) is 15.1 Å². The Labute approximate surface area is 230 Å². The van der Waals surface area contributed by atoms with Crippen LogP contribution in [0.15, 0.2) is 30.5 Å². The molecule has 1 aromatic heterocycles. The Morgan fingerprint density at radius 2 is 1.75 bits per heavy atom. The van der Waals surface area contributed by atoms with Gasteiger partial charge in [-0.2, -0.15) is 13.2 Å². The molecule has 2 aromatic rings. The number of fused-ring (bicyclic) bond motifs is 2. The predicted molar refractivity (Wildman–Crippen MR) is 142 cm³/mol. The van der Waals surface area contributed by atoms with E-state index in [1.54, 1.807) is 11.1 Å². The van der Waals surface area contributed by atoms with Gasteiger partial charge in [-0.1, -0.05) is 19.3 Å². The van der Waals surface area contributed by atoms with Crippen LogP contribution in [0.1, 0.15) is 56.3 Å². The number of benzene rings is 1. The van der Waals surface area contributed by atoms with Crippen LogP contribution in [0.2, 0.25) is 0 Å². The summed E-state index contributed by atoms with van der Waals surface area (Å²) in [6.45, 7) is 2.81. The fourth-order valence-corrected chi connectivity index (χ4v) is 6.49. The van der Waals surface area contributed by atoms with Crippen LogP contribution in [0, 0.1) is 5.41 Å². The van der Waals surface area contributed by atoms with Crippen LogP contribution < -0.4 is 9.80 Å². The van der Waals surface area contributed by atoms with E-state index in [2.05, 4.69) is 9.88 Å². The van der Waals surface area contributed by atoms with Gasteiger partial charge in [-0.15, -0.1) is 0 Å². The zero-order valence-corrected chi connectivity index (χ0v) is 22.3. The van der Waals surface area contributed by atoms with Crippen LogP contribution in [-0.2, 0) is 26.3 Å². The number of carbonyl (C=O) groups is 1. The average molecular weight is 559 g/mol. The third-order valence-electron chi connectivity index (χ3n) is 8.58. The first-order valence-electron chi connectivity index (χ1n) is 14.0. The van der Waals surface area contributed by atoms with E-state index in [4.69, 9.17) is 19.9 Å². The molecule has 1 aliphatic carbocycles. The number of hydrogen-bond donors (Lipinski definition) is 1. The maximum atomic E-state index is 14.1. The van der Waals surface area contributed by atoms with Crippen molar-refractivity contribution in [3.8, 4) is 0 Å². The molecule has 0 bridgehead atoms. The number of halogens is 3. The lowest BCUT2D eigenvalue weighted by Gasteiger charge is -2.32. The highest BCUT2D eigenvalue weighted by atomic mass is 19.4. The van der Waals surface area contributed by atoms with Crippen LogP contribution in [-0.4, -0.2) is 71.9 Å². The highest BCUT2D eigenvalue weighted by Gasteiger charge is 2.53. The SMILES string of the molecule is N=C(OCc1ncc2c(n1)N(c1ccc(N3CCOCC3)cc1)C(=O)C21CCCCC1)N1CCC[C@@H]1C(F)(F)F. The second-order valence-electron chi connectivity index (χ2n) is 10.9. The number of morpholine rings is 1. The Morgan fingerprint density at radius 3 is 2.45 bits per heavy atom. The van der Waals surface area contributed by atoms with E-state index in [0.29, 0.717) is 31.1 Å². The number of hydrogen-bond acceptors (Lipinski definition) is 7. The summed E-state index contributed by atoms with van der Waals surface area (Å²) in [6, 6.07) is 5.58. The van der Waals surface area contributed by atoms with Crippen LogP contribution in [0.25, 0.3) is 0 Å². The van der Waals surface area contributed by atoms with Crippen molar-refractivity contribution in [3.63, 3.8) is 0 Å². The molecule has 2 saturated heterocycles. The molecular weight excluding hydrogens is 525 g/mol. The minimum atomic E-state index is -4.43. The number of amides is 1. The van der Waals surface area contributed by atoms with Crippen LogP contribution in [0.3, 0.4) is 0 Å². The van der Waals surface area contributed by atoms with Gasteiger partial charge in [0, 0.05) is 37.1 Å². The van der Waals surface area contributed by atoms with E-state index in [1.807, 2.05) is 24.3 Å². The van der Waals surface area contributed by atoms with Crippen molar-refractivity contribution in [3.05, 3.63) is 41.9 Å². The third kappa shape index (κ3) is 4.76. The fraction of sp³-hybridized carbons (Fsp3) is 0.571. The number of anilines is 3. The summed E-state index contributed by atoms with van der Waals surface area (Å²) >= 11 is 0. The van der Waals surface area contributed by atoms with E-state index in [0.717, 1.165) is 61.3 Å². The van der Waals surface area contributed by atoms with Crippen molar-refractivity contribution in [2.45, 2.75) is 69.2 Å². The number of ether oxygens (including phenoxy) is 2. The number of amidine groups is 1. The first-order chi connectivity index (χ1) is 19.3. The third-order valence-corrected chi connectivity index (χ3v) is 8.58. The number of alkyl halides is 3. The maximum Gasteiger partial charge on any atom is 0.408 e. The quantitative estimate of drug-likeness (QED) is 0.431. The molecule has 0 unspecified atom stereocenters. The molecule has 214 valence electrons. The molecule has 1 aromatic carbocycles. The summed E-state index contributed by atoms with van der Waals surface area (Å²) in [6.07, 6.45) is 1.91. The molecule has 9 nitrogen and oxygen atoms in total. The zero-order chi connectivity index (χ0) is 27.9. The number of aromatic nitrogens is 2. The first-order valence-corrected chi connectivity index (χ1v) is 14.0. The predicted octanol–water partition coefficient (Wildman–Crippen LogP) is 4.67. The van der Waals surface area contributed by atoms with E-state index in [-0.39, 0.29) is 31.3 Å². The van der Waals surface area contributed by atoms with Gasteiger partial charge >= 0.3 is 6.18 Å². The second-order valence-corrected chi connectivity index (χ2v) is 10.9. The molecule has 1 saturated carbocycles. The van der Waals surface area contributed by atoms with Gasteiger partial charge in [-0.25, -0.2) is 9.97 Å². The van der Waals surface area contributed by atoms with E-state index in [1.165, 1.54) is 0 Å². The Morgan fingerprint density at radius 1 is 1.05 bits per heavy atom. The number of nitrogens with one attached hydrogen (secondary N) is 1. The molecule has 1 spiro atoms. The minimum absolute atomic E-state index is 0.0217. The summed E-state index contributed by atoms with van der Waals surface area (Å²) in [5.74, 6) is 0.675. The van der Waals surface area contributed by atoms with E-state index >= 15 is 0 Å². The lowest BCUT2D eigenvalue weighted by molar-refractivity contribution is -0.169. The van der Waals surface area contributed by atoms with Crippen molar-refractivity contribution < 1.29 is 27.4 Å². The highest BCUT2D eigenvalue weighted by molar-refractivity contribution is 6.12. The Kier molecular flexibility index (Phi) is 7.05. The summed E-state index contributed by atoms with van der Waals surface area (Å²) in [7, 11) is 0. The molecular formula is C28H33F3N6O3. The van der Waals surface area contributed by atoms with Gasteiger partial charge < -0.3 is 19.3 Å². The minimum Gasteiger partial charge on any atom is -0.457 e. The molecule has 3 fully saturated rings. The Bertz CT molecular complexity index is 1260. The molecule has 1 atom stereocenters. The van der Waals surface area contributed by atoms with Crippen molar-refractivity contribution in [2.24, 2.45) is 0 Å². The smallest absolute Gasteiger partial charge is 0.408 e. The summed E-state index contributed by atoms with van der Waals surface area (Å²) in [5, 5.41) is 8.14. The normalized spacial score (nSPS) is 22.6. The van der Waals surface area contributed by atoms with Crippen molar-refractivity contribution in [1.82, 2.24) is 14.9 Å². The molecule has 3 aliphatic heterocycles. The van der Waals surface area contributed by atoms with Gasteiger partial charge in [0.1, 0.15) is 11.9 Å². The fourth-order valence-electron chi connectivity index (χ4n) is 6.49. The monoisotopic (exact) mass is 558 g/mol. The van der Waals surface area contributed by atoms with Crippen LogP contribution in [0.4, 0.5) is 30.4 Å². The van der Waals surface area contributed by atoms with Gasteiger partial charge in [0.15, 0.2) is 12.4 Å². The van der Waals surface area contributed by atoms with Crippen molar-refractivity contribution >= 4 is 29.1 Å². The number of nitrogens with zero attached hydrogens (tertiary/aromatic N) is 5. The zero-order valence-electron chi connectivity index (χ0n) is 22.3. The van der Waals surface area contributed by atoms with Gasteiger partial charge in [0.2, 0.25) is 5.91 Å². The first kappa shape index (κ1) is 26.8. The molecule has 4 heterocycles. The van der Waals surface area contributed by atoms with Gasteiger partial charge in [0.25, 0.3) is 6.02 Å². The lowest BCUT2D eigenvalue weighted by Crippen LogP contribution is -2.45. The molecule has 6 rings (SSSR count). The highest BCUT2D eigenvalue weighted by Crippen LogP contribution is 2.51. The molecule has 0 radical (unpaired) electrons.